The van der Waals surface area contributed by atoms with E-state index < -0.39 is 0 Å². The smallest absolute Gasteiger partial charge is 0.321 e. The first-order valence-corrected chi connectivity index (χ1v) is 7.27. The van der Waals surface area contributed by atoms with Crippen LogP contribution in [0.1, 0.15) is 15.9 Å². The summed E-state index contributed by atoms with van der Waals surface area (Å²) >= 11 is 0. The highest BCUT2D eigenvalue weighted by Crippen LogP contribution is 2.20. The predicted molar refractivity (Wildman–Crippen MR) is 86.3 cm³/mol. The SMILES string of the molecule is Cc1cc(F)ccc1NC(=O)c1ccc(N2CCNC2=O)cc1. The van der Waals surface area contributed by atoms with Crippen LogP contribution in [0, 0.1) is 12.7 Å². The van der Waals surface area contributed by atoms with E-state index in [0.717, 1.165) is 5.69 Å². The third kappa shape index (κ3) is 3.15. The monoisotopic (exact) mass is 313 g/mol. The molecule has 1 fully saturated rings. The highest BCUT2D eigenvalue weighted by Gasteiger charge is 2.21. The van der Waals surface area contributed by atoms with E-state index in [-0.39, 0.29) is 17.8 Å². The van der Waals surface area contributed by atoms with Crippen molar-refractivity contribution in [3.63, 3.8) is 0 Å². The average Bonchev–Trinajstić information content (AvgIpc) is 2.96. The second kappa shape index (κ2) is 6.08. The van der Waals surface area contributed by atoms with Crippen LogP contribution in [0.25, 0.3) is 0 Å². The lowest BCUT2D eigenvalue weighted by atomic mass is 10.1. The van der Waals surface area contributed by atoms with Gasteiger partial charge in [-0.25, -0.2) is 9.18 Å². The van der Waals surface area contributed by atoms with Crippen LogP contribution in [-0.2, 0) is 0 Å². The minimum atomic E-state index is -0.339. The molecular formula is C17H16FN3O2. The molecule has 23 heavy (non-hydrogen) atoms. The minimum Gasteiger partial charge on any atom is -0.336 e. The van der Waals surface area contributed by atoms with E-state index in [1.165, 1.54) is 18.2 Å². The van der Waals surface area contributed by atoms with Crippen molar-refractivity contribution in [1.82, 2.24) is 5.32 Å². The first kappa shape index (κ1) is 15.0. The van der Waals surface area contributed by atoms with Gasteiger partial charge in [-0.05, 0) is 55.0 Å². The normalized spacial score (nSPS) is 13.8. The van der Waals surface area contributed by atoms with Crippen LogP contribution >= 0.6 is 0 Å². The predicted octanol–water partition coefficient (Wildman–Crippen LogP) is 2.92. The van der Waals surface area contributed by atoms with E-state index in [9.17, 15) is 14.0 Å². The summed E-state index contributed by atoms with van der Waals surface area (Å²) in [6, 6.07) is 10.9. The van der Waals surface area contributed by atoms with Crippen molar-refractivity contribution < 1.29 is 14.0 Å². The van der Waals surface area contributed by atoms with Crippen LogP contribution in [-0.4, -0.2) is 25.0 Å². The molecule has 1 aliphatic rings. The van der Waals surface area contributed by atoms with Crippen molar-refractivity contribution in [3.05, 3.63) is 59.4 Å². The maximum Gasteiger partial charge on any atom is 0.321 e. The molecule has 0 spiro atoms. The highest BCUT2D eigenvalue weighted by molar-refractivity contribution is 6.05. The molecule has 3 amide bonds. The van der Waals surface area contributed by atoms with Crippen molar-refractivity contribution >= 4 is 23.3 Å². The Labute approximate surface area is 133 Å². The van der Waals surface area contributed by atoms with E-state index >= 15 is 0 Å². The van der Waals surface area contributed by atoms with Crippen LogP contribution in [0.5, 0.6) is 0 Å². The number of aryl methyl sites for hydroxylation is 1. The summed E-state index contributed by atoms with van der Waals surface area (Å²) in [5, 5.41) is 5.48. The molecule has 2 aromatic carbocycles. The fourth-order valence-electron chi connectivity index (χ4n) is 2.47. The molecule has 6 heteroatoms. The molecule has 0 bridgehead atoms. The number of nitrogens with zero attached hydrogens (tertiary/aromatic N) is 1. The Morgan fingerprint density at radius 3 is 2.57 bits per heavy atom. The number of amides is 3. The molecule has 0 unspecified atom stereocenters. The van der Waals surface area contributed by atoms with Gasteiger partial charge in [0.1, 0.15) is 5.82 Å². The average molecular weight is 313 g/mol. The number of urea groups is 1. The second-order valence-corrected chi connectivity index (χ2v) is 5.34. The van der Waals surface area contributed by atoms with E-state index in [1.54, 1.807) is 36.1 Å². The summed E-state index contributed by atoms with van der Waals surface area (Å²) in [5.41, 5.74) is 2.44. The van der Waals surface area contributed by atoms with Gasteiger partial charge in [-0.3, -0.25) is 9.69 Å². The molecule has 0 saturated carbocycles. The van der Waals surface area contributed by atoms with Crippen LogP contribution in [0.2, 0.25) is 0 Å². The Bertz CT molecular complexity index is 759. The van der Waals surface area contributed by atoms with Gasteiger partial charge < -0.3 is 10.6 Å². The van der Waals surface area contributed by atoms with Gasteiger partial charge in [-0.15, -0.1) is 0 Å². The first-order valence-electron chi connectivity index (χ1n) is 7.27. The molecule has 2 N–H and O–H groups in total. The van der Waals surface area contributed by atoms with Crippen LogP contribution in [0.3, 0.4) is 0 Å². The quantitative estimate of drug-likeness (QED) is 0.915. The fraction of sp³-hybridized carbons (Fsp3) is 0.176. The Kier molecular flexibility index (Phi) is 3.97. The van der Waals surface area contributed by atoms with Gasteiger partial charge >= 0.3 is 6.03 Å². The molecule has 0 aromatic heterocycles. The van der Waals surface area contributed by atoms with Gasteiger partial charge in [0.25, 0.3) is 5.91 Å². The van der Waals surface area contributed by atoms with Crippen LogP contribution in [0.15, 0.2) is 42.5 Å². The van der Waals surface area contributed by atoms with E-state index in [0.29, 0.717) is 29.9 Å². The van der Waals surface area contributed by atoms with E-state index in [2.05, 4.69) is 10.6 Å². The summed E-state index contributed by atoms with van der Waals surface area (Å²) in [7, 11) is 0. The number of anilines is 2. The lowest BCUT2D eigenvalue weighted by Gasteiger charge is -2.14. The number of hydrogen-bond donors (Lipinski definition) is 2. The third-order valence-electron chi connectivity index (χ3n) is 3.73. The molecule has 118 valence electrons. The topological polar surface area (TPSA) is 61.4 Å². The molecular weight excluding hydrogens is 297 g/mol. The maximum atomic E-state index is 13.1. The standard InChI is InChI=1S/C17H16FN3O2/c1-11-10-13(18)4-7-15(11)20-16(22)12-2-5-14(6-3-12)21-9-8-19-17(21)23/h2-7,10H,8-9H2,1H3,(H,19,23)(H,20,22). The fourth-order valence-corrected chi connectivity index (χ4v) is 2.47. The number of benzene rings is 2. The van der Waals surface area contributed by atoms with Crippen molar-refractivity contribution in [2.45, 2.75) is 6.92 Å². The maximum absolute atomic E-state index is 13.1. The van der Waals surface area contributed by atoms with Gasteiger partial charge in [0.05, 0.1) is 0 Å². The van der Waals surface area contributed by atoms with Gasteiger partial charge in [0.15, 0.2) is 0 Å². The van der Waals surface area contributed by atoms with Crippen LogP contribution < -0.4 is 15.5 Å². The number of carbonyl (C=O) groups excluding carboxylic acids is 2. The van der Waals surface area contributed by atoms with Gasteiger partial charge in [-0.2, -0.15) is 0 Å². The second-order valence-electron chi connectivity index (χ2n) is 5.34. The zero-order chi connectivity index (χ0) is 16.4. The zero-order valence-corrected chi connectivity index (χ0v) is 12.6. The number of hydrogen-bond acceptors (Lipinski definition) is 2. The third-order valence-corrected chi connectivity index (χ3v) is 3.73. The molecule has 0 atom stereocenters. The number of nitrogens with one attached hydrogen (secondary N) is 2. The lowest BCUT2D eigenvalue weighted by Crippen LogP contribution is -2.27. The van der Waals surface area contributed by atoms with E-state index in [1.807, 2.05) is 0 Å². The van der Waals surface area contributed by atoms with Crippen molar-refractivity contribution in [3.8, 4) is 0 Å². The number of carbonyl (C=O) groups is 2. The van der Waals surface area contributed by atoms with Crippen molar-refractivity contribution in [1.29, 1.82) is 0 Å². The van der Waals surface area contributed by atoms with Crippen LogP contribution in [0.4, 0.5) is 20.6 Å². The van der Waals surface area contributed by atoms with Gasteiger partial charge in [0, 0.05) is 30.0 Å². The Morgan fingerprint density at radius 2 is 1.96 bits per heavy atom. The molecule has 1 aliphatic heterocycles. The molecule has 5 nitrogen and oxygen atoms in total. The van der Waals surface area contributed by atoms with Crippen molar-refractivity contribution in [2.75, 3.05) is 23.3 Å². The molecule has 1 saturated heterocycles. The first-order chi connectivity index (χ1) is 11.0. The zero-order valence-electron chi connectivity index (χ0n) is 12.6. The minimum absolute atomic E-state index is 0.135. The lowest BCUT2D eigenvalue weighted by molar-refractivity contribution is 0.102. The molecule has 2 aromatic rings. The van der Waals surface area contributed by atoms with E-state index in [4.69, 9.17) is 0 Å². The Morgan fingerprint density at radius 1 is 1.22 bits per heavy atom. The largest absolute Gasteiger partial charge is 0.336 e. The summed E-state index contributed by atoms with van der Waals surface area (Å²) in [4.78, 5) is 25.5. The summed E-state index contributed by atoms with van der Waals surface area (Å²) in [6.07, 6.45) is 0. The highest BCUT2D eigenvalue weighted by atomic mass is 19.1. The number of rotatable bonds is 3. The summed E-state index contributed by atoms with van der Waals surface area (Å²) in [6.45, 7) is 2.96. The Hall–Kier alpha value is -2.89. The van der Waals surface area contributed by atoms with Gasteiger partial charge in [0.2, 0.25) is 0 Å². The Balaban J connectivity index is 1.74. The molecule has 1 heterocycles. The van der Waals surface area contributed by atoms with Gasteiger partial charge in [-0.1, -0.05) is 0 Å². The summed E-state index contributed by atoms with van der Waals surface area (Å²) < 4.78 is 13.1. The molecule has 0 radical (unpaired) electrons. The molecule has 3 rings (SSSR count). The molecule has 0 aliphatic carbocycles. The number of halogens is 1. The van der Waals surface area contributed by atoms with Crippen molar-refractivity contribution in [2.24, 2.45) is 0 Å². The summed E-state index contributed by atoms with van der Waals surface area (Å²) in [5.74, 6) is -0.620.